The first-order valence-corrected chi connectivity index (χ1v) is 11.3. The van der Waals surface area contributed by atoms with Gasteiger partial charge in [-0.05, 0) is 44.8 Å². The van der Waals surface area contributed by atoms with E-state index in [4.69, 9.17) is 20.0 Å². The molecule has 0 aliphatic rings. The number of carboxylic acids is 2. The average molecular weight is 489 g/mol. The van der Waals surface area contributed by atoms with Crippen molar-refractivity contribution in [3.05, 3.63) is 85.1 Å². The molecule has 0 atom stereocenters. The number of benzene rings is 2. The van der Waals surface area contributed by atoms with Crippen LogP contribution in [-0.4, -0.2) is 69.1 Å². The molecule has 0 fully saturated rings. The normalized spacial score (nSPS) is 10.9. The van der Waals surface area contributed by atoms with Gasteiger partial charge in [-0.25, -0.2) is 19.3 Å². The van der Waals surface area contributed by atoms with Gasteiger partial charge in [0.05, 0.1) is 12.3 Å². The van der Waals surface area contributed by atoms with E-state index in [0.29, 0.717) is 18.8 Å². The highest BCUT2D eigenvalue weighted by Gasteiger charge is 2.14. The minimum Gasteiger partial charge on any atom is -0.493 e. The molecule has 0 aliphatic carbocycles. The Morgan fingerprint density at radius 2 is 1.69 bits per heavy atom. The fraction of sp³-hybridized carbons (Fsp3) is 0.185. The summed E-state index contributed by atoms with van der Waals surface area (Å²) in [5, 5.41) is 21.5. The number of fused-ring (bicyclic) bond motifs is 1. The van der Waals surface area contributed by atoms with Crippen molar-refractivity contribution in [2.75, 3.05) is 27.2 Å². The molecule has 2 N–H and O–H groups in total. The van der Waals surface area contributed by atoms with Gasteiger partial charge in [-0.2, -0.15) is 5.10 Å². The lowest BCUT2D eigenvalue weighted by Crippen LogP contribution is -2.15. The number of carboxylic acid groups (broad SMARTS) is 2. The van der Waals surface area contributed by atoms with E-state index in [1.54, 1.807) is 6.20 Å². The van der Waals surface area contributed by atoms with Gasteiger partial charge in [-0.1, -0.05) is 36.4 Å². The smallest absolute Gasteiger partial charge is 0.328 e. The maximum atomic E-state index is 9.55. The molecular weight excluding hydrogens is 460 g/mol. The maximum absolute atomic E-state index is 9.55. The third kappa shape index (κ3) is 7.51. The van der Waals surface area contributed by atoms with Crippen molar-refractivity contribution in [1.82, 2.24) is 19.7 Å². The molecule has 0 radical (unpaired) electrons. The highest BCUT2D eigenvalue weighted by atomic mass is 16.5. The second-order valence-electron chi connectivity index (χ2n) is 8.01. The van der Waals surface area contributed by atoms with Crippen LogP contribution in [0.15, 0.2) is 85.1 Å². The number of rotatable bonds is 9. The molecule has 2 heterocycles. The summed E-state index contributed by atoms with van der Waals surface area (Å²) >= 11 is 0. The van der Waals surface area contributed by atoms with E-state index in [-0.39, 0.29) is 0 Å². The van der Waals surface area contributed by atoms with Crippen molar-refractivity contribution in [1.29, 1.82) is 0 Å². The Kier molecular flexibility index (Phi) is 9.30. The van der Waals surface area contributed by atoms with Crippen LogP contribution in [0, 0.1) is 0 Å². The number of nitrogens with zero attached hydrogens (tertiary/aromatic N) is 4. The van der Waals surface area contributed by atoms with Crippen molar-refractivity contribution in [3.8, 4) is 22.7 Å². The largest absolute Gasteiger partial charge is 0.493 e. The van der Waals surface area contributed by atoms with Crippen molar-refractivity contribution in [2.45, 2.75) is 6.42 Å². The highest BCUT2D eigenvalue weighted by molar-refractivity contribution is 5.92. The lowest BCUT2D eigenvalue weighted by Gasteiger charge is -2.11. The van der Waals surface area contributed by atoms with Crippen LogP contribution < -0.4 is 4.74 Å². The topological polar surface area (TPSA) is 118 Å². The summed E-state index contributed by atoms with van der Waals surface area (Å²) in [5.41, 5.74) is 3.79. The SMILES string of the molecule is CN(C)CCCOc1cccc(-n2nc(-c3ccccc3)c3cccnc32)c1.O=C(O)/C=C\C(=O)O. The first-order valence-electron chi connectivity index (χ1n) is 11.3. The van der Waals surface area contributed by atoms with Gasteiger partial charge in [0.15, 0.2) is 5.65 Å². The Hall–Kier alpha value is -4.50. The Morgan fingerprint density at radius 3 is 2.36 bits per heavy atom. The van der Waals surface area contributed by atoms with Crippen LogP contribution in [0.2, 0.25) is 0 Å². The van der Waals surface area contributed by atoms with Crippen LogP contribution in [-0.2, 0) is 9.59 Å². The third-order valence-electron chi connectivity index (χ3n) is 4.94. The molecule has 0 saturated carbocycles. The van der Waals surface area contributed by atoms with Crippen molar-refractivity contribution in [2.24, 2.45) is 0 Å². The number of ether oxygens (including phenoxy) is 1. The molecule has 0 saturated heterocycles. The first-order chi connectivity index (χ1) is 17.3. The van der Waals surface area contributed by atoms with Crippen LogP contribution in [0.4, 0.5) is 0 Å². The molecule has 2 aromatic carbocycles. The van der Waals surface area contributed by atoms with Gasteiger partial charge < -0.3 is 19.8 Å². The molecule has 0 bridgehead atoms. The van der Waals surface area contributed by atoms with Gasteiger partial charge in [-0.15, -0.1) is 0 Å². The Labute approximate surface area is 208 Å². The van der Waals surface area contributed by atoms with E-state index in [1.165, 1.54) is 0 Å². The van der Waals surface area contributed by atoms with Gasteiger partial charge in [0.25, 0.3) is 0 Å². The summed E-state index contributed by atoms with van der Waals surface area (Å²) in [7, 11) is 4.14. The van der Waals surface area contributed by atoms with Gasteiger partial charge in [0.2, 0.25) is 0 Å². The summed E-state index contributed by atoms with van der Waals surface area (Å²) in [6.45, 7) is 1.70. The quantitative estimate of drug-likeness (QED) is 0.267. The monoisotopic (exact) mass is 488 g/mol. The van der Waals surface area contributed by atoms with E-state index >= 15 is 0 Å². The highest BCUT2D eigenvalue weighted by Crippen LogP contribution is 2.29. The summed E-state index contributed by atoms with van der Waals surface area (Å²) < 4.78 is 7.83. The molecule has 0 amide bonds. The number of aromatic nitrogens is 3. The zero-order valence-electron chi connectivity index (χ0n) is 20.1. The van der Waals surface area contributed by atoms with Gasteiger partial charge in [-0.3, -0.25) is 0 Å². The van der Waals surface area contributed by atoms with Crippen molar-refractivity contribution < 1.29 is 24.5 Å². The molecule has 4 rings (SSSR count). The molecule has 2 aromatic heterocycles. The van der Waals surface area contributed by atoms with Crippen molar-refractivity contribution >= 4 is 23.0 Å². The third-order valence-corrected chi connectivity index (χ3v) is 4.94. The van der Waals surface area contributed by atoms with Gasteiger partial charge in [0, 0.05) is 41.9 Å². The second kappa shape index (κ2) is 12.8. The van der Waals surface area contributed by atoms with E-state index in [1.807, 2.05) is 53.2 Å². The first kappa shape index (κ1) is 26.1. The summed E-state index contributed by atoms with van der Waals surface area (Å²) in [5.74, 6) is -1.67. The number of hydrogen-bond acceptors (Lipinski definition) is 6. The molecule has 0 unspecified atom stereocenters. The van der Waals surface area contributed by atoms with E-state index in [9.17, 15) is 9.59 Å². The van der Waals surface area contributed by atoms with E-state index in [0.717, 1.165) is 46.7 Å². The fourth-order valence-electron chi connectivity index (χ4n) is 3.36. The number of carbonyl (C=O) groups is 2. The predicted octanol–water partition coefficient (Wildman–Crippen LogP) is 4.13. The molecule has 9 nitrogen and oxygen atoms in total. The summed E-state index contributed by atoms with van der Waals surface area (Å²) in [6, 6.07) is 22.3. The van der Waals surface area contributed by atoms with E-state index in [2.05, 4.69) is 42.2 Å². The number of pyridine rings is 1. The fourth-order valence-corrected chi connectivity index (χ4v) is 3.36. The summed E-state index contributed by atoms with van der Waals surface area (Å²) in [6.07, 6.45) is 3.91. The number of hydrogen-bond donors (Lipinski definition) is 2. The zero-order valence-corrected chi connectivity index (χ0v) is 20.1. The Morgan fingerprint density at radius 1 is 0.972 bits per heavy atom. The molecule has 9 heteroatoms. The lowest BCUT2D eigenvalue weighted by atomic mass is 10.1. The molecule has 0 spiro atoms. The Bertz CT molecular complexity index is 1320. The van der Waals surface area contributed by atoms with Crippen LogP contribution >= 0.6 is 0 Å². The van der Waals surface area contributed by atoms with E-state index < -0.39 is 11.9 Å². The van der Waals surface area contributed by atoms with Crippen LogP contribution in [0.3, 0.4) is 0 Å². The van der Waals surface area contributed by atoms with Crippen LogP contribution in [0.25, 0.3) is 28.0 Å². The summed E-state index contributed by atoms with van der Waals surface area (Å²) in [4.78, 5) is 25.8. The van der Waals surface area contributed by atoms with Gasteiger partial charge >= 0.3 is 11.9 Å². The average Bonchev–Trinajstić information content (AvgIpc) is 3.26. The predicted molar refractivity (Wildman–Crippen MR) is 137 cm³/mol. The van der Waals surface area contributed by atoms with Crippen LogP contribution in [0.5, 0.6) is 5.75 Å². The lowest BCUT2D eigenvalue weighted by molar-refractivity contribution is -0.134. The second-order valence-corrected chi connectivity index (χ2v) is 8.01. The van der Waals surface area contributed by atoms with Crippen molar-refractivity contribution in [3.63, 3.8) is 0 Å². The molecular formula is C27H28N4O5. The molecule has 36 heavy (non-hydrogen) atoms. The Balaban J connectivity index is 0.000000392. The minimum absolute atomic E-state index is 0.558. The molecule has 0 aliphatic heterocycles. The number of aliphatic carboxylic acids is 2. The maximum Gasteiger partial charge on any atom is 0.328 e. The molecule has 186 valence electrons. The zero-order chi connectivity index (χ0) is 25.9. The standard InChI is InChI=1S/C23H24N4O.C4H4O4/c1-26(2)15-8-16-28-20-12-6-11-19(17-20)27-23-21(13-7-14-24-23)22(25-27)18-9-4-3-5-10-18;5-3(6)1-2-4(7)8/h3-7,9-14,17H,8,15-16H2,1-2H3;1-2H,(H,5,6)(H,7,8)/b;2-1-. The van der Waals surface area contributed by atoms with Crippen LogP contribution in [0.1, 0.15) is 6.42 Å². The molecule has 4 aromatic rings. The minimum atomic E-state index is -1.26. The van der Waals surface area contributed by atoms with Gasteiger partial charge in [0.1, 0.15) is 11.4 Å².